The number of aromatic nitrogens is 2. The molecule has 1 atom stereocenters. The van der Waals surface area contributed by atoms with Crippen LogP contribution in [0.1, 0.15) is 37.1 Å². The molecule has 0 spiro atoms. The van der Waals surface area contributed by atoms with E-state index in [2.05, 4.69) is 40.0 Å². The highest BCUT2D eigenvalue weighted by Crippen LogP contribution is 2.29. The van der Waals surface area contributed by atoms with Crippen molar-refractivity contribution in [1.29, 1.82) is 0 Å². The number of nitrogens with one attached hydrogen (secondary N) is 1. The summed E-state index contributed by atoms with van der Waals surface area (Å²) in [6, 6.07) is 8.52. The van der Waals surface area contributed by atoms with Crippen LogP contribution in [0.15, 0.2) is 36.8 Å². The van der Waals surface area contributed by atoms with E-state index in [4.69, 9.17) is 4.74 Å². The van der Waals surface area contributed by atoms with Gasteiger partial charge in [0.2, 0.25) is 0 Å². The summed E-state index contributed by atoms with van der Waals surface area (Å²) >= 11 is 0. The maximum atomic E-state index is 5.89. The zero-order valence-corrected chi connectivity index (χ0v) is 12.0. The van der Waals surface area contributed by atoms with E-state index in [1.54, 1.807) is 0 Å². The molecule has 1 fully saturated rings. The molecule has 1 heterocycles. The van der Waals surface area contributed by atoms with Crippen molar-refractivity contribution in [3.63, 3.8) is 0 Å². The first kappa shape index (κ1) is 13.2. The van der Waals surface area contributed by atoms with Crippen LogP contribution in [0.5, 0.6) is 5.75 Å². The van der Waals surface area contributed by atoms with Crippen LogP contribution in [-0.2, 0) is 7.05 Å². The summed E-state index contributed by atoms with van der Waals surface area (Å²) in [5.41, 5.74) is 2.38. The Morgan fingerprint density at radius 1 is 1.45 bits per heavy atom. The highest BCUT2D eigenvalue weighted by molar-refractivity contribution is 5.34. The van der Waals surface area contributed by atoms with Gasteiger partial charge in [0, 0.05) is 7.05 Å². The lowest BCUT2D eigenvalue weighted by atomic mass is 10.0. The van der Waals surface area contributed by atoms with E-state index in [0.29, 0.717) is 6.10 Å². The van der Waals surface area contributed by atoms with Crippen LogP contribution in [0.25, 0.3) is 0 Å². The maximum absolute atomic E-state index is 5.89. The molecule has 1 aliphatic rings. The normalized spacial score (nSPS) is 16.1. The van der Waals surface area contributed by atoms with E-state index < -0.39 is 0 Å². The fourth-order valence-electron chi connectivity index (χ4n) is 2.39. The van der Waals surface area contributed by atoms with E-state index in [9.17, 15) is 0 Å². The lowest BCUT2D eigenvalue weighted by molar-refractivity contribution is 0.302. The smallest absolute Gasteiger partial charge is 0.120 e. The molecular formula is C16H21N3O. The summed E-state index contributed by atoms with van der Waals surface area (Å²) in [5, 5.41) is 3.52. The molecule has 20 heavy (non-hydrogen) atoms. The van der Waals surface area contributed by atoms with Crippen molar-refractivity contribution in [3.8, 4) is 5.75 Å². The predicted octanol–water partition coefficient (Wildman–Crippen LogP) is 2.66. The van der Waals surface area contributed by atoms with Crippen LogP contribution >= 0.6 is 0 Å². The zero-order chi connectivity index (χ0) is 13.9. The molecule has 0 bridgehead atoms. The number of aryl methyl sites for hydroxylation is 1. The number of ether oxygens (including phenoxy) is 1. The van der Waals surface area contributed by atoms with Gasteiger partial charge in [-0.25, -0.2) is 4.98 Å². The number of benzene rings is 1. The largest absolute Gasteiger partial charge is 0.490 e. The molecule has 4 nitrogen and oxygen atoms in total. The lowest BCUT2D eigenvalue weighted by Crippen LogP contribution is -2.23. The molecule has 1 aromatic carbocycles. The molecule has 4 heteroatoms. The van der Waals surface area contributed by atoms with E-state index >= 15 is 0 Å². The lowest BCUT2D eigenvalue weighted by Gasteiger charge is -2.19. The monoisotopic (exact) mass is 271 g/mol. The molecule has 1 aliphatic carbocycles. The Labute approximate surface area is 119 Å². The van der Waals surface area contributed by atoms with Crippen molar-refractivity contribution in [2.45, 2.75) is 31.9 Å². The average molecular weight is 271 g/mol. The van der Waals surface area contributed by atoms with E-state index in [1.165, 1.54) is 18.4 Å². The van der Waals surface area contributed by atoms with Gasteiger partial charge in [-0.2, -0.15) is 0 Å². The number of hydrogen-bond acceptors (Lipinski definition) is 3. The minimum Gasteiger partial charge on any atom is -0.490 e. The molecule has 0 aliphatic heterocycles. The molecule has 0 saturated heterocycles. The molecular weight excluding hydrogens is 250 g/mol. The molecule has 1 N–H and O–H groups in total. The van der Waals surface area contributed by atoms with Gasteiger partial charge in [-0.3, -0.25) is 0 Å². The number of nitrogens with zero attached hydrogens (tertiary/aromatic N) is 2. The van der Waals surface area contributed by atoms with Crippen LogP contribution in [-0.4, -0.2) is 22.2 Å². The topological polar surface area (TPSA) is 39.1 Å². The number of imidazole rings is 1. The van der Waals surface area contributed by atoms with Crippen LogP contribution in [0.2, 0.25) is 0 Å². The molecule has 1 saturated carbocycles. The minimum atomic E-state index is 0.148. The SMILES string of the molecule is CCNC(c1cccc(OC2CC2)c1)c1cncn1C. The van der Waals surface area contributed by atoms with Gasteiger partial charge >= 0.3 is 0 Å². The van der Waals surface area contributed by atoms with Crippen molar-refractivity contribution in [2.75, 3.05) is 6.54 Å². The predicted molar refractivity (Wildman–Crippen MR) is 78.8 cm³/mol. The van der Waals surface area contributed by atoms with Gasteiger partial charge in [0.15, 0.2) is 0 Å². The molecule has 1 unspecified atom stereocenters. The Hall–Kier alpha value is -1.81. The zero-order valence-electron chi connectivity index (χ0n) is 12.0. The Morgan fingerprint density at radius 3 is 2.95 bits per heavy atom. The van der Waals surface area contributed by atoms with Gasteiger partial charge in [0.1, 0.15) is 5.75 Å². The second-order valence-electron chi connectivity index (χ2n) is 5.31. The molecule has 0 amide bonds. The fourth-order valence-corrected chi connectivity index (χ4v) is 2.39. The van der Waals surface area contributed by atoms with Crippen LogP contribution in [0, 0.1) is 0 Å². The van der Waals surface area contributed by atoms with Crippen molar-refractivity contribution in [2.24, 2.45) is 7.05 Å². The second kappa shape index (κ2) is 5.67. The summed E-state index contributed by atoms with van der Waals surface area (Å²) in [5.74, 6) is 0.968. The second-order valence-corrected chi connectivity index (χ2v) is 5.31. The summed E-state index contributed by atoms with van der Waals surface area (Å²) in [6.45, 7) is 3.03. The first-order valence-corrected chi connectivity index (χ1v) is 7.24. The Balaban J connectivity index is 1.88. The molecule has 3 rings (SSSR count). The summed E-state index contributed by atoms with van der Waals surface area (Å²) in [6.07, 6.45) is 6.55. The molecule has 0 radical (unpaired) electrons. The highest BCUT2D eigenvalue weighted by Gasteiger charge is 2.24. The van der Waals surface area contributed by atoms with Crippen LogP contribution in [0.4, 0.5) is 0 Å². The third kappa shape index (κ3) is 2.85. The van der Waals surface area contributed by atoms with Gasteiger partial charge in [-0.05, 0) is 37.1 Å². The quantitative estimate of drug-likeness (QED) is 0.878. The molecule has 106 valence electrons. The average Bonchev–Trinajstić information content (AvgIpc) is 3.16. The van der Waals surface area contributed by atoms with Crippen LogP contribution in [0.3, 0.4) is 0 Å². The van der Waals surface area contributed by atoms with E-state index in [0.717, 1.165) is 18.0 Å². The Bertz CT molecular complexity index is 575. The van der Waals surface area contributed by atoms with Gasteiger partial charge in [0.25, 0.3) is 0 Å². The third-order valence-corrected chi connectivity index (χ3v) is 3.58. The van der Waals surface area contributed by atoms with Crippen molar-refractivity contribution in [3.05, 3.63) is 48.0 Å². The third-order valence-electron chi connectivity index (χ3n) is 3.58. The van der Waals surface area contributed by atoms with Gasteiger partial charge < -0.3 is 14.6 Å². The number of rotatable bonds is 6. The summed E-state index contributed by atoms with van der Waals surface area (Å²) in [4.78, 5) is 4.22. The standard InChI is InChI=1S/C16H21N3O/c1-3-18-16(15-10-17-11-19(15)2)12-5-4-6-14(9-12)20-13-7-8-13/h4-6,9-11,13,16,18H,3,7-8H2,1-2H3. The van der Waals surface area contributed by atoms with Crippen molar-refractivity contribution >= 4 is 0 Å². The maximum Gasteiger partial charge on any atom is 0.120 e. The van der Waals surface area contributed by atoms with Gasteiger partial charge in [-0.1, -0.05) is 19.1 Å². The van der Waals surface area contributed by atoms with Crippen molar-refractivity contribution < 1.29 is 4.74 Å². The number of hydrogen-bond donors (Lipinski definition) is 1. The van der Waals surface area contributed by atoms with Gasteiger partial charge in [-0.15, -0.1) is 0 Å². The van der Waals surface area contributed by atoms with Gasteiger partial charge in [0.05, 0.1) is 30.4 Å². The molecule has 2 aromatic rings. The minimum absolute atomic E-state index is 0.148. The molecule has 1 aromatic heterocycles. The first-order chi connectivity index (χ1) is 9.78. The highest BCUT2D eigenvalue weighted by atomic mass is 16.5. The Kier molecular flexibility index (Phi) is 3.74. The van der Waals surface area contributed by atoms with Crippen molar-refractivity contribution in [1.82, 2.24) is 14.9 Å². The first-order valence-electron chi connectivity index (χ1n) is 7.24. The summed E-state index contributed by atoms with van der Waals surface area (Å²) in [7, 11) is 2.03. The van der Waals surface area contributed by atoms with E-state index in [-0.39, 0.29) is 6.04 Å². The Morgan fingerprint density at radius 2 is 2.30 bits per heavy atom. The summed E-state index contributed by atoms with van der Waals surface area (Å²) < 4.78 is 7.95. The van der Waals surface area contributed by atoms with Crippen LogP contribution < -0.4 is 10.1 Å². The van der Waals surface area contributed by atoms with E-state index in [1.807, 2.05) is 25.6 Å². The fraction of sp³-hybridized carbons (Fsp3) is 0.438.